The van der Waals surface area contributed by atoms with Crippen molar-refractivity contribution >= 4 is 28.4 Å². The van der Waals surface area contributed by atoms with E-state index in [4.69, 9.17) is 16.3 Å². The molecule has 4 rings (SSSR count). The normalized spacial score (nSPS) is 10.9. The van der Waals surface area contributed by atoms with Crippen LogP contribution in [-0.2, 0) is 7.05 Å². The molecule has 0 saturated heterocycles. The fourth-order valence-corrected chi connectivity index (χ4v) is 3.89. The second kappa shape index (κ2) is 8.64. The summed E-state index contributed by atoms with van der Waals surface area (Å²) in [7, 11) is 1.89. The molecule has 1 aromatic heterocycles. The van der Waals surface area contributed by atoms with E-state index >= 15 is 0 Å². The van der Waals surface area contributed by atoms with E-state index in [0.29, 0.717) is 23.9 Å². The van der Waals surface area contributed by atoms with Crippen LogP contribution < -0.4 is 10.1 Å². The van der Waals surface area contributed by atoms with Crippen LogP contribution in [0.15, 0.2) is 72.8 Å². The van der Waals surface area contributed by atoms with Gasteiger partial charge in [-0.25, -0.2) is 0 Å². The number of fused-ring (bicyclic) bond motifs is 1. The maximum absolute atomic E-state index is 12.7. The first-order valence-electron chi connectivity index (χ1n) is 9.85. The number of halogens is 1. The fraction of sp³-hybridized carbons (Fsp3) is 0.160. The Morgan fingerprint density at radius 1 is 1.00 bits per heavy atom. The molecule has 1 heterocycles. The van der Waals surface area contributed by atoms with Crippen molar-refractivity contribution in [1.29, 1.82) is 0 Å². The molecule has 1 amide bonds. The van der Waals surface area contributed by atoms with Gasteiger partial charge in [0.05, 0.1) is 6.54 Å². The second-order valence-electron chi connectivity index (χ2n) is 7.19. The third-order valence-corrected chi connectivity index (χ3v) is 5.48. The van der Waals surface area contributed by atoms with E-state index in [1.54, 1.807) is 0 Å². The summed E-state index contributed by atoms with van der Waals surface area (Å²) in [6.07, 6.45) is 0. The van der Waals surface area contributed by atoms with Crippen LogP contribution in [0.1, 0.15) is 16.1 Å². The van der Waals surface area contributed by atoms with Gasteiger partial charge in [-0.15, -0.1) is 0 Å². The number of amides is 1. The van der Waals surface area contributed by atoms with Crippen LogP contribution in [-0.4, -0.2) is 23.6 Å². The summed E-state index contributed by atoms with van der Waals surface area (Å²) >= 11 is 6.11. The van der Waals surface area contributed by atoms with E-state index in [0.717, 1.165) is 27.8 Å². The van der Waals surface area contributed by atoms with Gasteiger partial charge in [-0.1, -0.05) is 54.1 Å². The molecule has 0 radical (unpaired) electrons. The molecule has 0 bridgehead atoms. The predicted molar refractivity (Wildman–Crippen MR) is 122 cm³/mol. The molecular weight excluding hydrogens is 396 g/mol. The second-order valence-corrected chi connectivity index (χ2v) is 7.63. The Morgan fingerprint density at radius 2 is 1.70 bits per heavy atom. The van der Waals surface area contributed by atoms with Crippen molar-refractivity contribution in [1.82, 2.24) is 9.88 Å². The first-order valence-corrected chi connectivity index (χ1v) is 10.2. The van der Waals surface area contributed by atoms with E-state index in [-0.39, 0.29) is 5.91 Å². The minimum Gasteiger partial charge on any atom is -0.492 e. The molecule has 3 aromatic carbocycles. The molecule has 0 spiro atoms. The standard InChI is InChI=1S/C25H23ClN2O2/c1-17-22-16-20(26)10-13-23(22)28(2)24(17)25(29)27-14-15-30-21-11-8-19(9-12-21)18-6-4-3-5-7-18/h3-13,16H,14-15H2,1-2H3,(H,27,29). The third-order valence-electron chi connectivity index (χ3n) is 5.25. The highest BCUT2D eigenvalue weighted by molar-refractivity contribution is 6.31. The minimum absolute atomic E-state index is 0.120. The molecule has 4 nitrogen and oxygen atoms in total. The van der Waals surface area contributed by atoms with Crippen LogP contribution in [0, 0.1) is 6.92 Å². The number of hydrogen-bond acceptors (Lipinski definition) is 2. The molecule has 0 aliphatic heterocycles. The van der Waals surface area contributed by atoms with Crippen molar-refractivity contribution < 1.29 is 9.53 Å². The lowest BCUT2D eigenvalue weighted by Crippen LogP contribution is -2.30. The Bertz CT molecular complexity index is 1180. The van der Waals surface area contributed by atoms with Gasteiger partial charge in [0, 0.05) is 23.0 Å². The molecule has 0 unspecified atom stereocenters. The van der Waals surface area contributed by atoms with Crippen molar-refractivity contribution in [2.75, 3.05) is 13.2 Å². The van der Waals surface area contributed by atoms with Crippen LogP contribution in [0.25, 0.3) is 22.0 Å². The highest BCUT2D eigenvalue weighted by atomic mass is 35.5. The molecule has 30 heavy (non-hydrogen) atoms. The summed E-state index contributed by atoms with van der Waals surface area (Å²) in [5, 5.41) is 4.60. The lowest BCUT2D eigenvalue weighted by Gasteiger charge is -2.10. The predicted octanol–water partition coefficient (Wildman–Crippen LogP) is 5.62. The zero-order valence-electron chi connectivity index (χ0n) is 17.0. The third kappa shape index (κ3) is 4.05. The molecule has 5 heteroatoms. The first-order chi connectivity index (χ1) is 14.5. The molecule has 0 aliphatic carbocycles. The highest BCUT2D eigenvalue weighted by Gasteiger charge is 2.18. The van der Waals surface area contributed by atoms with E-state index in [2.05, 4.69) is 17.4 Å². The van der Waals surface area contributed by atoms with E-state index in [9.17, 15) is 4.79 Å². The Balaban J connectivity index is 1.35. The molecule has 0 saturated carbocycles. The summed E-state index contributed by atoms with van der Waals surface area (Å²) in [6, 6.07) is 23.8. The van der Waals surface area contributed by atoms with Gasteiger partial charge in [-0.3, -0.25) is 4.79 Å². The van der Waals surface area contributed by atoms with Gasteiger partial charge in [0.25, 0.3) is 5.91 Å². The lowest BCUT2D eigenvalue weighted by atomic mass is 10.1. The summed E-state index contributed by atoms with van der Waals surface area (Å²) < 4.78 is 7.68. The van der Waals surface area contributed by atoms with Gasteiger partial charge in [-0.05, 0) is 53.9 Å². The average molecular weight is 419 g/mol. The number of nitrogens with one attached hydrogen (secondary N) is 1. The van der Waals surface area contributed by atoms with Crippen LogP contribution in [0.5, 0.6) is 5.75 Å². The number of hydrogen-bond donors (Lipinski definition) is 1. The molecule has 0 atom stereocenters. The van der Waals surface area contributed by atoms with E-state index in [1.807, 2.05) is 79.2 Å². The van der Waals surface area contributed by atoms with E-state index in [1.165, 1.54) is 5.56 Å². The van der Waals surface area contributed by atoms with Crippen molar-refractivity contribution in [3.63, 3.8) is 0 Å². The minimum atomic E-state index is -0.120. The number of ether oxygens (including phenoxy) is 1. The Labute approximate surface area is 181 Å². The van der Waals surface area contributed by atoms with Crippen molar-refractivity contribution in [3.05, 3.63) is 89.1 Å². The zero-order chi connectivity index (χ0) is 21.1. The average Bonchev–Trinajstić information content (AvgIpc) is 3.01. The Morgan fingerprint density at radius 3 is 2.43 bits per heavy atom. The summed E-state index contributed by atoms with van der Waals surface area (Å²) in [4.78, 5) is 12.7. The number of rotatable bonds is 6. The fourth-order valence-electron chi connectivity index (χ4n) is 3.71. The maximum Gasteiger partial charge on any atom is 0.268 e. The van der Waals surface area contributed by atoms with Crippen LogP contribution in [0.3, 0.4) is 0 Å². The van der Waals surface area contributed by atoms with Crippen molar-refractivity contribution in [2.45, 2.75) is 6.92 Å². The maximum atomic E-state index is 12.7. The lowest BCUT2D eigenvalue weighted by molar-refractivity contribution is 0.0938. The van der Waals surface area contributed by atoms with Gasteiger partial charge >= 0.3 is 0 Å². The Hall–Kier alpha value is -3.24. The zero-order valence-corrected chi connectivity index (χ0v) is 17.7. The molecule has 152 valence electrons. The van der Waals surface area contributed by atoms with Gasteiger partial charge in [0.2, 0.25) is 0 Å². The Kier molecular flexibility index (Phi) is 5.77. The number of benzene rings is 3. The molecule has 0 fully saturated rings. The van der Waals surface area contributed by atoms with Crippen molar-refractivity contribution in [3.8, 4) is 16.9 Å². The molecule has 4 aromatic rings. The molecular formula is C25H23ClN2O2. The number of nitrogens with zero attached hydrogens (tertiary/aromatic N) is 1. The number of carbonyl (C=O) groups is 1. The summed E-state index contributed by atoms with van der Waals surface area (Å²) in [5.74, 6) is 0.657. The quantitative estimate of drug-likeness (QED) is 0.413. The van der Waals surface area contributed by atoms with Crippen LogP contribution in [0.4, 0.5) is 0 Å². The smallest absolute Gasteiger partial charge is 0.268 e. The number of aryl methyl sites for hydroxylation is 2. The van der Waals surface area contributed by atoms with Gasteiger partial charge < -0.3 is 14.6 Å². The first kappa shape index (κ1) is 20.0. The summed E-state index contributed by atoms with van der Waals surface area (Å²) in [6.45, 7) is 2.75. The van der Waals surface area contributed by atoms with Gasteiger partial charge in [-0.2, -0.15) is 0 Å². The van der Waals surface area contributed by atoms with Crippen LogP contribution in [0.2, 0.25) is 5.02 Å². The molecule has 1 N–H and O–H groups in total. The van der Waals surface area contributed by atoms with E-state index < -0.39 is 0 Å². The largest absolute Gasteiger partial charge is 0.492 e. The topological polar surface area (TPSA) is 43.3 Å². The van der Waals surface area contributed by atoms with Crippen molar-refractivity contribution in [2.24, 2.45) is 7.05 Å². The molecule has 0 aliphatic rings. The van der Waals surface area contributed by atoms with Gasteiger partial charge in [0.1, 0.15) is 18.1 Å². The number of carbonyl (C=O) groups excluding carboxylic acids is 1. The number of aromatic nitrogens is 1. The highest BCUT2D eigenvalue weighted by Crippen LogP contribution is 2.27. The summed E-state index contributed by atoms with van der Waals surface area (Å²) in [5.41, 5.74) is 4.85. The SMILES string of the molecule is Cc1c(C(=O)NCCOc2ccc(-c3ccccc3)cc2)n(C)c2ccc(Cl)cc12. The monoisotopic (exact) mass is 418 g/mol. The van der Waals surface area contributed by atoms with Gasteiger partial charge in [0.15, 0.2) is 0 Å². The van der Waals surface area contributed by atoms with Crippen LogP contribution >= 0.6 is 11.6 Å².